The van der Waals surface area contributed by atoms with Gasteiger partial charge in [-0.2, -0.15) is 0 Å². The lowest BCUT2D eigenvalue weighted by Gasteiger charge is -2.33. The molecule has 1 aromatic heterocycles. The zero-order valence-electron chi connectivity index (χ0n) is 15.4. The third-order valence-electron chi connectivity index (χ3n) is 5.71. The van der Waals surface area contributed by atoms with E-state index in [1.54, 1.807) is 0 Å². The van der Waals surface area contributed by atoms with Crippen molar-refractivity contribution in [2.75, 3.05) is 31.6 Å². The SMILES string of the molecule is CN=C(NCC1(c2ccccc2)CC1)NC1CCN(c2cccs2)CC1. The number of guanidine groups is 1. The fourth-order valence-electron chi connectivity index (χ4n) is 3.85. The van der Waals surface area contributed by atoms with E-state index in [0.717, 1.165) is 38.4 Å². The van der Waals surface area contributed by atoms with E-state index >= 15 is 0 Å². The number of nitrogens with zero attached hydrogens (tertiary/aromatic N) is 2. The average molecular weight is 369 g/mol. The number of benzene rings is 1. The first-order valence-corrected chi connectivity index (χ1v) is 10.5. The molecule has 1 aliphatic heterocycles. The number of aliphatic imine (C=N–C) groups is 1. The van der Waals surface area contributed by atoms with Gasteiger partial charge in [0.05, 0.1) is 5.00 Å². The van der Waals surface area contributed by atoms with Crippen molar-refractivity contribution in [2.45, 2.75) is 37.1 Å². The monoisotopic (exact) mass is 368 g/mol. The number of thiophene rings is 1. The smallest absolute Gasteiger partial charge is 0.191 e. The summed E-state index contributed by atoms with van der Waals surface area (Å²) in [7, 11) is 1.87. The van der Waals surface area contributed by atoms with Crippen molar-refractivity contribution in [3.05, 3.63) is 53.4 Å². The molecule has 0 unspecified atom stereocenters. The molecule has 4 nitrogen and oxygen atoms in total. The summed E-state index contributed by atoms with van der Waals surface area (Å²) in [6.07, 6.45) is 4.84. The van der Waals surface area contributed by atoms with Crippen LogP contribution in [0.5, 0.6) is 0 Å². The van der Waals surface area contributed by atoms with Crippen molar-refractivity contribution >= 4 is 22.3 Å². The summed E-state index contributed by atoms with van der Waals surface area (Å²) in [5.41, 5.74) is 1.76. The van der Waals surface area contributed by atoms with Gasteiger partial charge in [0.1, 0.15) is 0 Å². The van der Waals surface area contributed by atoms with Gasteiger partial charge >= 0.3 is 0 Å². The Bertz CT molecular complexity index is 714. The van der Waals surface area contributed by atoms with Crippen LogP contribution in [0.3, 0.4) is 0 Å². The molecule has 1 aromatic carbocycles. The first-order chi connectivity index (χ1) is 12.8. The topological polar surface area (TPSA) is 39.7 Å². The highest BCUT2D eigenvalue weighted by Crippen LogP contribution is 2.47. The second-order valence-corrected chi connectivity index (χ2v) is 8.36. The highest BCUT2D eigenvalue weighted by molar-refractivity contribution is 7.14. The highest BCUT2D eigenvalue weighted by Gasteiger charge is 2.44. The van der Waals surface area contributed by atoms with E-state index in [0.29, 0.717) is 11.5 Å². The quantitative estimate of drug-likeness (QED) is 0.626. The van der Waals surface area contributed by atoms with Crippen LogP contribution in [0.25, 0.3) is 0 Å². The molecule has 0 bridgehead atoms. The molecule has 0 atom stereocenters. The summed E-state index contributed by atoms with van der Waals surface area (Å²) in [4.78, 5) is 6.95. The molecule has 4 rings (SSSR count). The predicted molar refractivity (Wildman–Crippen MR) is 111 cm³/mol. The van der Waals surface area contributed by atoms with Crippen molar-refractivity contribution < 1.29 is 0 Å². The minimum atomic E-state index is 0.307. The van der Waals surface area contributed by atoms with Crippen LogP contribution in [0.15, 0.2) is 52.8 Å². The van der Waals surface area contributed by atoms with E-state index in [1.807, 2.05) is 18.4 Å². The number of rotatable bonds is 5. The van der Waals surface area contributed by atoms with Crippen molar-refractivity contribution in [1.82, 2.24) is 10.6 Å². The fraction of sp³-hybridized carbons (Fsp3) is 0.476. The Balaban J connectivity index is 1.27. The Kier molecular flexibility index (Phi) is 5.16. The zero-order chi connectivity index (χ0) is 17.8. The Morgan fingerprint density at radius 1 is 1.15 bits per heavy atom. The molecule has 2 heterocycles. The van der Waals surface area contributed by atoms with Crippen LogP contribution in [0.2, 0.25) is 0 Å². The maximum Gasteiger partial charge on any atom is 0.191 e. The van der Waals surface area contributed by atoms with Crippen LogP contribution in [-0.2, 0) is 5.41 Å². The fourth-order valence-corrected chi connectivity index (χ4v) is 4.63. The molecule has 1 saturated carbocycles. The van der Waals surface area contributed by atoms with Crippen molar-refractivity contribution in [1.29, 1.82) is 0 Å². The summed E-state index contributed by atoms with van der Waals surface area (Å²) in [6, 6.07) is 15.7. The van der Waals surface area contributed by atoms with Crippen molar-refractivity contribution in [3.8, 4) is 0 Å². The average Bonchev–Trinajstić information content (AvgIpc) is 3.29. The maximum absolute atomic E-state index is 4.46. The molecule has 0 spiro atoms. The second-order valence-electron chi connectivity index (χ2n) is 7.43. The van der Waals surface area contributed by atoms with Crippen LogP contribution in [0.4, 0.5) is 5.00 Å². The molecule has 138 valence electrons. The van der Waals surface area contributed by atoms with E-state index in [9.17, 15) is 0 Å². The van der Waals surface area contributed by atoms with Gasteiger partial charge in [-0.15, -0.1) is 11.3 Å². The largest absolute Gasteiger partial charge is 0.363 e. The zero-order valence-corrected chi connectivity index (χ0v) is 16.3. The van der Waals surface area contributed by atoms with Crippen LogP contribution in [-0.4, -0.2) is 38.7 Å². The molecule has 0 amide bonds. The standard InChI is InChI=1S/C21H28N4S/c1-22-20(23-16-21(11-12-21)17-6-3-2-4-7-17)24-18-9-13-25(14-10-18)19-8-5-15-26-19/h2-8,15,18H,9-14,16H2,1H3,(H2,22,23,24). The number of hydrogen-bond donors (Lipinski definition) is 2. The van der Waals surface area contributed by atoms with Gasteiger partial charge in [0.25, 0.3) is 0 Å². The van der Waals surface area contributed by atoms with E-state index < -0.39 is 0 Å². The maximum atomic E-state index is 4.46. The lowest BCUT2D eigenvalue weighted by molar-refractivity contribution is 0.461. The number of hydrogen-bond acceptors (Lipinski definition) is 3. The van der Waals surface area contributed by atoms with Gasteiger partial charge < -0.3 is 15.5 Å². The summed E-state index contributed by atoms with van der Waals surface area (Å²) in [6.45, 7) is 3.19. The third-order valence-corrected chi connectivity index (χ3v) is 6.64. The minimum absolute atomic E-state index is 0.307. The Morgan fingerprint density at radius 3 is 2.54 bits per heavy atom. The lowest BCUT2D eigenvalue weighted by atomic mass is 9.96. The van der Waals surface area contributed by atoms with E-state index in [2.05, 4.69) is 68.4 Å². The Labute approximate surface area is 160 Å². The molecular weight excluding hydrogens is 340 g/mol. The van der Waals surface area contributed by atoms with Gasteiger partial charge in [-0.1, -0.05) is 30.3 Å². The molecule has 1 saturated heterocycles. The first-order valence-electron chi connectivity index (χ1n) is 9.60. The summed E-state index contributed by atoms with van der Waals surface area (Å²) < 4.78 is 0. The minimum Gasteiger partial charge on any atom is -0.363 e. The molecule has 0 radical (unpaired) electrons. The van der Waals surface area contributed by atoms with E-state index in [1.165, 1.54) is 23.4 Å². The lowest BCUT2D eigenvalue weighted by Crippen LogP contribution is -2.49. The number of nitrogens with one attached hydrogen (secondary N) is 2. The number of piperidine rings is 1. The summed E-state index contributed by atoms with van der Waals surface area (Å²) in [5.74, 6) is 0.946. The van der Waals surface area contributed by atoms with Crippen LogP contribution in [0, 0.1) is 0 Å². The summed E-state index contributed by atoms with van der Waals surface area (Å²) in [5, 5.41) is 10.8. The molecule has 2 N–H and O–H groups in total. The van der Waals surface area contributed by atoms with Crippen LogP contribution in [0.1, 0.15) is 31.2 Å². The van der Waals surface area contributed by atoms with Crippen LogP contribution < -0.4 is 15.5 Å². The predicted octanol–water partition coefficient (Wildman–Crippen LogP) is 3.61. The highest BCUT2D eigenvalue weighted by atomic mass is 32.1. The van der Waals surface area contributed by atoms with Crippen LogP contribution >= 0.6 is 11.3 Å². The molecule has 2 aromatic rings. The summed E-state index contributed by atoms with van der Waals surface area (Å²) >= 11 is 1.83. The van der Waals surface area contributed by atoms with Gasteiger partial charge in [0.15, 0.2) is 5.96 Å². The van der Waals surface area contributed by atoms with E-state index in [4.69, 9.17) is 0 Å². The molecule has 26 heavy (non-hydrogen) atoms. The Morgan fingerprint density at radius 2 is 1.92 bits per heavy atom. The molecular formula is C21H28N4S. The van der Waals surface area contributed by atoms with Gasteiger partial charge in [-0.05, 0) is 48.8 Å². The normalized spacial score (nSPS) is 20.0. The molecule has 5 heteroatoms. The van der Waals surface area contributed by atoms with Crippen molar-refractivity contribution in [3.63, 3.8) is 0 Å². The third kappa shape index (κ3) is 3.88. The first kappa shape index (κ1) is 17.4. The Hall–Kier alpha value is -2.01. The number of anilines is 1. The van der Waals surface area contributed by atoms with Gasteiger partial charge in [0.2, 0.25) is 0 Å². The van der Waals surface area contributed by atoms with Crippen molar-refractivity contribution in [2.24, 2.45) is 4.99 Å². The molecule has 2 fully saturated rings. The molecule has 2 aliphatic rings. The van der Waals surface area contributed by atoms with Gasteiger partial charge in [-0.3, -0.25) is 4.99 Å². The molecule has 1 aliphatic carbocycles. The van der Waals surface area contributed by atoms with Gasteiger partial charge in [-0.25, -0.2) is 0 Å². The van der Waals surface area contributed by atoms with E-state index in [-0.39, 0.29) is 0 Å². The van der Waals surface area contributed by atoms with Gasteiger partial charge in [0, 0.05) is 38.1 Å². The second kappa shape index (κ2) is 7.70.